The van der Waals surface area contributed by atoms with Crippen molar-refractivity contribution < 1.29 is 27.7 Å². The zero-order valence-electron chi connectivity index (χ0n) is 11.6. The van der Waals surface area contributed by atoms with Gasteiger partial charge in [0.2, 0.25) is 12.2 Å². The molecule has 0 saturated carbocycles. The number of carbonyl (C=O) groups is 2. The average molecular weight is 314 g/mol. The van der Waals surface area contributed by atoms with Crippen LogP contribution < -0.4 is 4.57 Å². The minimum absolute atomic E-state index is 0.00620. The Kier molecular flexibility index (Phi) is 2.72. The van der Waals surface area contributed by atoms with Crippen LogP contribution in [0.25, 0.3) is 0 Å². The van der Waals surface area contributed by atoms with Crippen LogP contribution in [0.1, 0.15) is 13.3 Å². The van der Waals surface area contributed by atoms with Gasteiger partial charge in [0, 0.05) is 0 Å². The Labute approximate surface area is 121 Å². The third-order valence-corrected chi connectivity index (χ3v) is 6.98. The predicted molar refractivity (Wildman–Crippen MR) is 69.6 cm³/mol. The van der Waals surface area contributed by atoms with E-state index in [0.717, 1.165) is 4.90 Å². The van der Waals surface area contributed by atoms with Gasteiger partial charge in [-0.2, -0.15) is 0 Å². The van der Waals surface area contributed by atoms with Crippen molar-refractivity contribution in [1.29, 1.82) is 0 Å². The number of carboxylic acids is 1. The van der Waals surface area contributed by atoms with Crippen LogP contribution in [0.3, 0.4) is 0 Å². The van der Waals surface area contributed by atoms with E-state index in [9.17, 15) is 23.1 Å². The Hall–Kier alpha value is -1.90. The molecule has 3 heterocycles. The molecule has 1 aromatic heterocycles. The van der Waals surface area contributed by atoms with Crippen LogP contribution in [-0.4, -0.2) is 51.0 Å². The largest absolute Gasteiger partial charge is 0.479 e. The smallest absolute Gasteiger partial charge is 0.330 e. The highest BCUT2D eigenvalue weighted by molar-refractivity contribution is 7.93. The molecule has 0 aromatic carbocycles. The number of β-lactam (4-membered cyclic amide) rings is 1. The number of fused-ring (bicyclic) bond motifs is 1. The molecule has 3 atom stereocenters. The van der Waals surface area contributed by atoms with Gasteiger partial charge in [0.25, 0.3) is 0 Å². The Morgan fingerprint density at radius 2 is 2.24 bits per heavy atom. The number of aliphatic carboxylic acids is 1. The molecule has 2 saturated heterocycles. The van der Waals surface area contributed by atoms with Crippen LogP contribution in [0.5, 0.6) is 0 Å². The number of hydrogen-bond donors (Lipinski definition) is 1. The molecule has 3 rings (SSSR count). The van der Waals surface area contributed by atoms with E-state index in [-0.39, 0.29) is 13.0 Å². The standard InChI is InChI=1S/C12H15N3O5S/c1-12(11(17)18)8(6-14-4-3-13(2)7-14)21(19,20)10-5-9(16)15(10)12/h3-4,7-8,10H,5-6H2,1-2H3/p+1. The third kappa shape index (κ3) is 1.66. The number of aromatic nitrogens is 2. The number of imidazole rings is 1. The molecular formula is C12H16N3O5S+. The first kappa shape index (κ1) is 14.1. The maximum atomic E-state index is 12.6. The number of amides is 1. The minimum Gasteiger partial charge on any atom is -0.479 e. The number of aryl methyl sites for hydroxylation is 1. The lowest BCUT2D eigenvalue weighted by Gasteiger charge is -2.41. The summed E-state index contributed by atoms with van der Waals surface area (Å²) in [5.74, 6) is -1.71. The highest BCUT2D eigenvalue weighted by Crippen LogP contribution is 2.46. The normalized spacial score (nSPS) is 33.6. The molecule has 0 spiro atoms. The van der Waals surface area contributed by atoms with Gasteiger partial charge < -0.3 is 10.0 Å². The van der Waals surface area contributed by atoms with Crippen molar-refractivity contribution in [2.75, 3.05) is 0 Å². The average Bonchev–Trinajstić information content (AvgIpc) is 2.82. The van der Waals surface area contributed by atoms with E-state index in [1.54, 1.807) is 34.9 Å². The van der Waals surface area contributed by atoms with E-state index in [4.69, 9.17) is 0 Å². The van der Waals surface area contributed by atoms with E-state index in [0.29, 0.717) is 0 Å². The van der Waals surface area contributed by atoms with E-state index >= 15 is 0 Å². The Bertz CT molecular complexity index is 740. The summed E-state index contributed by atoms with van der Waals surface area (Å²) in [4.78, 5) is 24.4. The number of carboxylic acid groups (broad SMARTS) is 1. The summed E-state index contributed by atoms with van der Waals surface area (Å²) in [6.07, 6.45) is 4.96. The first-order chi connectivity index (χ1) is 9.69. The highest BCUT2D eigenvalue weighted by atomic mass is 32.2. The summed E-state index contributed by atoms with van der Waals surface area (Å²) in [5.41, 5.74) is -1.72. The molecular weight excluding hydrogens is 298 g/mol. The molecule has 9 heteroatoms. The maximum absolute atomic E-state index is 12.6. The Morgan fingerprint density at radius 1 is 1.57 bits per heavy atom. The number of carbonyl (C=O) groups excluding carboxylic acids is 1. The van der Waals surface area contributed by atoms with Crippen molar-refractivity contribution in [1.82, 2.24) is 9.47 Å². The second-order valence-corrected chi connectivity index (χ2v) is 8.02. The summed E-state index contributed by atoms with van der Waals surface area (Å²) >= 11 is 0. The second kappa shape index (κ2) is 4.06. The lowest BCUT2D eigenvalue weighted by Crippen LogP contribution is -2.63. The monoisotopic (exact) mass is 314 g/mol. The minimum atomic E-state index is -3.71. The van der Waals surface area contributed by atoms with Gasteiger partial charge in [0.1, 0.15) is 29.6 Å². The van der Waals surface area contributed by atoms with Gasteiger partial charge in [-0.3, -0.25) is 4.79 Å². The molecule has 2 aliphatic rings. The first-order valence-corrected chi connectivity index (χ1v) is 8.09. The van der Waals surface area contributed by atoms with Crippen LogP contribution in [0.4, 0.5) is 0 Å². The van der Waals surface area contributed by atoms with Gasteiger partial charge in [-0.05, 0) is 6.92 Å². The molecule has 114 valence electrons. The molecule has 1 N–H and O–H groups in total. The summed E-state index contributed by atoms with van der Waals surface area (Å²) in [6, 6.07) is 0. The van der Waals surface area contributed by atoms with Crippen molar-refractivity contribution in [3.8, 4) is 0 Å². The third-order valence-electron chi connectivity index (χ3n) is 4.44. The van der Waals surface area contributed by atoms with Crippen LogP contribution in [0.2, 0.25) is 0 Å². The molecule has 3 unspecified atom stereocenters. The van der Waals surface area contributed by atoms with Crippen molar-refractivity contribution in [2.24, 2.45) is 7.05 Å². The molecule has 0 aliphatic carbocycles. The summed E-state index contributed by atoms with van der Waals surface area (Å²) in [6.45, 7) is 1.32. The predicted octanol–water partition coefficient (Wildman–Crippen LogP) is -1.49. The number of sulfone groups is 1. The Morgan fingerprint density at radius 3 is 2.71 bits per heavy atom. The number of hydrogen-bond acceptors (Lipinski definition) is 4. The fourth-order valence-corrected chi connectivity index (χ4v) is 5.82. The van der Waals surface area contributed by atoms with Gasteiger partial charge in [-0.25, -0.2) is 22.3 Å². The molecule has 1 amide bonds. The van der Waals surface area contributed by atoms with Gasteiger partial charge >= 0.3 is 5.97 Å². The van der Waals surface area contributed by atoms with Crippen LogP contribution in [0, 0.1) is 0 Å². The van der Waals surface area contributed by atoms with E-state index in [1.165, 1.54) is 6.92 Å². The fraction of sp³-hybridized carbons (Fsp3) is 0.583. The highest BCUT2D eigenvalue weighted by Gasteiger charge is 2.71. The molecule has 2 aliphatic heterocycles. The molecule has 0 radical (unpaired) electrons. The van der Waals surface area contributed by atoms with Gasteiger partial charge in [0.05, 0.1) is 13.5 Å². The van der Waals surface area contributed by atoms with Crippen molar-refractivity contribution >= 4 is 21.7 Å². The van der Waals surface area contributed by atoms with E-state index < -0.39 is 37.9 Å². The van der Waals surface area contributed by atoms with Crippen molar-refractivity contribution in [3.63, 3.8) is 0 Å². The topological polar surface area (TPSA) is 101 Å². The number of rotatable bonds is 3. The van der Waals surface area contributed by atoms with Gasteiger partial charge in [0.15, 0.2) is 15.4 Å². The fourth-order valence-electron chi connectivity index (χ4n) is 3.20. The van der Waals surface area contributed by atoms with Gasteiger partial charge in [-0.15, -0.1) is 0 Å². The molecule has 8 nitrogen and oxygen atoms in total. The SMILES string of the molecule is C[n+]1ccn(CC2C(C)(C(=O)O)N3C(=O)CC3S2(=O)=O)c1. The summed E-state index contributed by atoms with van der Waals surface area (Å²) < 4.78 is 28.5. The molecule has 2 fully saturated rings. The molecule has 1 aromatic rings. The second-order valence-electron chi connectivity index (χ2n) is 5.73. The maximum Gasteiger partial charge on any atom is 0.330 e. The summed E-state index contributed by atoms with van der Waals surface area (Å²) in [5, 5.41) is 7.37. The van der Waals surface area contributed by atoms with Crippen molar-refractivity contribution in [2.45, 2.75) is 36.1 Å². The van der Waals surface area contributed by atoms with E-state index in [2.05, 4.69) is 0 Å². The quantitative estimate of drug-likeness (QED) is 0.541. The van der Waals surface area contributed by atoms with Gasteiger partial charge in [-0.1, -0.05) is 0 Å². The van der Waals surface area contributed by atoms with Crippen molar-refractivity contribution in [3.05, 3.63) is 18.7 Å². The van der Waals surface area contributed by atoms with Crippen LogP contribution in [0.15, 0.2) is 18.7 Å². The first-order valence-electron chi connectivity index (χ1n) is 6.48. The summed E-state index contributed by atoms with van der Waals surface area (Å²) in [7, 11) is -1.92. The zero-order valence-corrected chi connectivity index (χ0v) is 12.4. The zero-order chi connectivity index (χ0) is 15.6. The lowest BCUT2D eigenvalue weighted by molar-refractivity contribution is -0.671. The van der Waals surface area contributed by atoms with Crippen LogP contribution >= 0.6 is 0 Å². The number of nitrogens with zero attached hydrogens (tertiary/aromatic N) is 3. The van der Waals surface area contributed by atoms with Crippen LogP contribution in [-0.2, 0) is 33.0 Å². The molecule has 21 heavy (non-hydrogen) atoms. The van der Waals surface area contributed by atoms with E-state index in [1.807, 2.05) is 0 Å². The Balaban J connectivity index is 2.06. The molecule has 0 bridgehead atoms. The lowest BCUT2D eigenvalue weighted by atomic mass is 9.91.